The number of carbonyl (C=O) groups excluding carboxylic acids is 3. The van der Waals surface area contributed by atoms with Gasteiger partial charge in [0, 0.05) is 17.7 Å². The number of hydrogen-bond acceptors (Lipinski definition) is 6. The number of furan rings is 1. The lowest BCUT2D eigenvalue weighted by Crippen LogP contribution is -2.58. The third-order valence-corrected chi connectivity index (χ3v) is 6.10. The van der Waals surface area contributed by atoms with E-state index in [1.807, 2.05) is 0 Å². The van der Waals surface area contributed by atoms with Crippen LogP contribution < -0.4 is 5.32 Å². The van der Waals surface area contributed by atoms with Crippen molar-refractivity contribution >= 4 is 52.8 Å². The van der Waals surface area contributed by atoms with Crippen LogP contribution in [0.2, 0.25) is 10.0 Å². The van der Waals surface area contributed by atoms with E-state index >= 15 is 0 Å². The van der Waals surface area contributed by atoms with E-state index < -0.39 is 22.8 Å². The smallest absolute Gasteiger partial charge is 0.331 e. The summed E-state index contributed by atoms with van der Waals surface area (Å²) < 4.78 is 5.67. The number of benzene rings is 1. The highest BCUT2D eigenvalue weighted by atomic mass is 35.5. The van der Waals surface area contributed by atoms with Crippen molar-refractivity contribution in [3.05, 3.63) is 55.8 Å². The number of hydrogen-bond donors (Lipinski definition) is 1. The highest BCUT2D eigenvalue weighted by Crippen LogP contribution is 2.37. The van der Waals surface area contributed by atoms with Gasteiger partial charge < -0.3 is 4.42 Å². The van der Waals surface area contributed by atoms with Gasteiger partial charge in [-0.05, 0) is 37.1 Å². The molecule has 1 aliphatic carbocycles. The predicted molar refractivity (Wildman–Crippen MR) is 116 cm³/mol. The Bertz CT molecular complexity index is 1170. The number of halogens is 2. The van der Waals surface area contributed by atoms with Gasteiger partial charge in [-0.3, -0.25) is 29.9 Å². The molecule has 166 valence electrons. The third-order valence-electron chi connectivity index (χ3n) is 5.48. The first kappa shape index (κ1) is 22.0. The van der Waals surface area contributed by atoms with Gasteiger partial charge in [-0.15, -0.1) is 0 Å². The van der Waals surface area contributed by atoms with E-state index in [2.05, 4.69) is 5.32 Å². The fraction of sp³-hybridized carbons (Fsp3) is 0.286. The molecule has 0 radical (unpaired) electrons. The van der Waals surface area contributed by atoms with E-state index in [9.17, 15) is 24.5 Å². The number of nitrogens with zero attached hydrogens (tertiary/aromatic N) is 2. The Hall–Kier alpha value is -3.17. The van der Waals surface area contributed by atoms with Gasteiger partial charge in [-0.1, -0.05) is 42.5 Å². The zero-order valence-electron chi connectivity index (χ0n) is 16.6. The molecule has 32 heavy (non-hydrogen) atoms. The lowest BCUT2D eigenvalue weighted by Gasteiger charge is -2.35. The monoisotopic (exact) mass is 477 g/mol. The molecule has 4 rings (SSSR count). The van der Waals surface area contributed by atoms with Crippen LogP contribution in [0.25, 0.3) is 17.4 Å². The molecule has 0 unspecified atom stereocenters. The van der Waals surface area contributed by atoms with Crippen LogP contribution in [0.15, 0.2) is 34.3 Å². The Kier molecular flexibility index (Phi) is 6.03. The molecule has 1 N–H and O–H groups in total. The average molecular weight is 478 g/mol. The quantitative estimate of drug-likeness (QED) is 0.287. The summed E-state index contributed by atoms with van der Waals surface area (Å²) in [5.41, 5.74) is -0.346. The maximum Gasteiger partial charge on any atom is 0.331 e. The molecule has 9 nitrogen and oxygen atoms in total. The van der Waals surface area contributed by atoms with Crippen molar-refractivity contribution in [2.24, 2.45) is 0 Å². The second-order valence-corrected chi connectivity index (χ2v) is 8.34. The van der Waals surface area contributed by atoms with E-state index in [0.717, 1.165) is 24.2 Å². The lowest BCUT2D eigenvalue weighted by atomic mass is 9.93. The molecule has 2 aliphatic rings. The average Bonchev–Trinajstić information content (AvgIpc) is 3.20. The minimum absolute atomic E-state index is 0.116. The molecule has 2 heterocycles. The van der Waals surface area contributed by atoms with Crippen molar-refractivity contribution in [2.75, 3.05) is 0 Å². The van der Waals surface area contributed by atoms with E-state index in [4.69, 9.17) is 27.6 Å². The normalized spacial score (nSPS) is 18.9. The van der Waals surface area contributed by atoms with Gasteiger partial charge in [0.05, 0.1) is 9.95 Å². The van der Waals surface area contributed by atoms with Crippen LogP contribution in [0.3, 0.4) is 0 Å². The fourth-order valence-electron chi connectivity index (χ4n) is 3.93. The molecule has 1 aromatic carbocycles. The Morgan fingerprint density at radius 3 is 2.50 bits per heavy atom. The molecule has 1 aromatic heterocycles. The maximum atomic E-state index is 13.0. The van der Waals surface area contributed by atoms with Crippen LogP contribution in [0.5, 0.6) is 0 Å². The molecule has 0 bridgehead atoms. The number of nitro benzene ring substituents is 1. The van der Waals surface area contributed by atoms with Crippen LogP contribution in [-0.2, 0) is 9.59 Å². The predicted octanol–water partition coefficient (Wildman–Crippen LogP) is 4.96. The Labute approximate surface area is 192 Å². The van der Waals surface area contributed by atoms with Crippen LogP contribution in [0.4, 0.5) is 10.5 Å². The molecule has 4 amide bonds. The SMILES string of the molecule is O=C1NC(=O)N(C2CCCCC2)C(=O)C1=Cc1ccc(-c2cc([N+](=O)[O-])c(Cl)cc2Cl)o1. The van der Waals surface area contributed by atoms with E-state index in [-0.39, 0.29) is 44.4 Å². The summed E-state index contributed by atoms with van der Waals surface area (Å²) in [5.74, 6) is -1.16. The zero-order valence-corrected chi connectivity index (χ0v) is 18.1. The number of rotatable bonds is 4. The molecule has 0 spiro atoms. The van der Waals surface area contributed by atoms with Crippen molar-refractivity contribution in [1.29, 1.82) is 0 Å². The number of carbonyl (C=O) groups is 3. The summed E-state index contributed by atoms with van der Waals surface area (Å²) >= 11 is 12.0. The zero-order chi connectivity index (χ0) is 23.0. The number of amides is 4. The van der Waals surface area contributed by atoms with Crippen LogP contribution >= 0.6 is 23.2 Å². The summed E-state index contributed by atoms with van der Waals surface area (Å²) in [4.78, 5) is 49.2. The van der Waals surface area contributed by atoms with Gasteiger partial charge >= 0.3 is 6.03 Å². The van der Waals surface area contributed by atoms with Crippen molar-refractivity contribution in [2.45, 2.75) is 38.1 Å². The molecule has 11 heteroatoms. The fourth-order valence-corrected chi connectivity index (χ4v) is 4.47. The minimum atomic E-state index is -0.815. The van der Waals surface area contributed by atoms with E-state index in [1.54, 1.807) is 0 Å². The second kappa shape index (κ2) is 8.76. The minimum Gasteiger partial charge on any atom is -0.457 e. The number of urea groups is 1. The number of barbiturate groups is 1. The molecular formula is C21H17Cl2N3O6. The van der Waals surface area contributed by atoms with Crippen molar-refractivity contribution < 1.29 is 23.7 Å². The van der Waals surface area contributed by atoms with Gasteiger partial charge in [0.1, 0.15) is 22.1 Å². The number of nitrogens with one attached hydrogen (secondary N) is 1. The molecule has 0 atom stereocenters. The first-order valence-electron chi connectivity index (χ1n) is 9.90. The van der Waals surface area contributed by atoms with Gasteiger partial charge in [-0.25, -0.2) is 4.79 Å². The van der Waals surface area contributed by atoms with Crippen molar-refractivity contribution in [3.63, 3.8) is 0 Å². The molecule has 2 aromatic rings. The van der Waals surface area contributed by atoms with Gasteiger partial charge in [0.25, 0.3) is 17.5 Å². The topological polar surface area (TPSA) is 123 Å². The Balaban J connectivity index is 1.66. The highest BCUT2D eigenvalue weighted by Gasteiger charge is 2.40. The Morgan fingerprint density at radius 2 is 1.81 bits per heavy atom. The largest absolute Gasteiger partial charge is 0.457 e. The maximum absolute atomic E-state index is 13.0. The molecule has 1 saturated heterocycles. The summed E-state index contributed by atoms with van der Waals surface area (Å²) in [6, 6.07) is 4.44. The standard InChI is InChI=1S/C21H17Cl2N3O6/c22-15-10-16(23)17(26(30)31)9-13(15)18-7-6-12(32-18)8-14-19(27)24-21(29)25(20(14)28)11-4-2-1-3-5-11/h6-11H,1-5H2,(H,24,27,29). The van der Waals surface area contributed by atoms with Crippen LogP contribution in [0, 0.1) is 10.1 Å². The number of nitro groups is 1. The van der Waals surface area contributed by atoms with Gasteiger partial charge in [0.15, 0.2) is 0 Å². The highest BCUT2D eigenvalue weighted by molar-refractivity contribution is 6.37. The van der Waals surface area contributed by atoms with Crippen LogP contribution in [-0.4, -0.2) is 33.7 Å². The summed E-state index contributed by atoms with van der Waals surface area (Å²) in [5, 5.41) is 13.4. The summed E-state index contributed by atoms with van der Waals surface area (Å²) in [6.07, 6.45) is 5.48. The summed E-state index contributed by atoms with van der Waals surface area (Å²) in [6.45, 7) is 0. The van der Waals surface area contributed by atoms with Gasteiger partial charge in [0.2, 0.25) is 0 Å². The Morgan fingerprint density at radius 1 is 1.09 bits per heavy atom. The molecular weight excluding hydrogens is 461 g/mol. The molecule has 1 saturated carbocycles. The molecule has 1 aliphatic heterocycles. The number of imide groups is 2. The first-order valence-corrected chi connectivity index (χ1v) is 10.7. The van der Waals surface area contributed by atoms with Crippen LogP contribution in [0.1, 0.15) is 37.9 Å². The second-order valence-electron chi connectivity index (χ2n) is 7.53. The lowest BCUT2D eigenvalue weighted by molar-refractivity contribution is -0.384. The summed E-state index contributed by atoms with van der Waals surface area (Å²) in [7, 11) is 0. The van der Waals surface area contributed by atoms with Gasteiger partial charge in [-0.2, -0.15) is 0 Å². The third kappa shape index (κ3) is 4.13. The van der Waals surface area contributed by atoms with E-state index in [0.29, 0.717) is 12.8 Å². The first-order chi connectivity index (χ1) is 15.3. The molecule has 2 fully saturated rings. The van der Waals surface area contributed by atoms with E-state index in [1.165, 1.54) is 30.3 Å². The van der Waals surface area contributed by atoms with Crippen molar-refractivity contribution in [3.8, 4) is 11.3 Å². The van der Waals surface area contributed by atoms with Crippen molar-refractivity contribution in [1.82, 2.24) is 10.2 Å².